The number of methoxy groups -OCH3 is 1. The molecule has 10 heterocycles. The van der Waals surface area contributed by atoms with Gasteiger partial charge >= 0.3 is 0 Å². The topological polar surface area (TPSA) is 152 Å². The molecule has 16 nitrogen and oxygen atoms in total. The molecule has 320 valence electrons. The van der Waals surface area contributed by atoms with E-state index in [9.17, 15) is 14.0 Å². The standard InChI is InChI=1S/C43H43F3N12O4/c1-22-48-34-11-25(45)9-30-33-5-4-6-37(50-33)49-26-12-36(42(60)53(2)18-29(61-3)19-55(22)38(30)34)56(15-26)39-31-14-47-58(35-8-7-24(44)10-32(35)46)40(31)52-43(51-39)57-27-13-28(57)17-54(16-27)41(59)23-20-62-21-23/h4-11,14,23,26-29,36H,12-13,15-21H2,1-3H3,(H,49,50)/t26-,27?,28?,29-,36-/m0/s1. The van der Waals surface area contributed by atoms with Crippen molar-refractivity contribution in [3.63, 3.8) is 0 Å². The minimum Gasteiger partial charge on any atom is -0.380 e. The molecule has 6 aliphatic heterocycles. The molecular weight excluding hydrogens is 806 g/mol. The van der Waals surface area contributed by atoms with Crippen LogP contribution < -0.4 is 15.1 Å². The van der Waals surface area contributed by atoms with E-state index in [0.717, 1.165) is 24.1 Å². The number of benzene rings is 2. The number of carbonyl (C=O) groups is 2. The maximum absolute atomic E-state index is 15.5. The van der Waals surface area contributed by atoms with Crippen molar-refractivity contribution in [2.45, 2.75) is 56.6 Å². The van der Waals surface area contributed by atoms with Gasteiger partial charge in [0, 0.05) is 64.1 Å². The zero-order valence-corrected chi connectivity index (χ0v) is 34.2. The molecule has 5 fully saturated rings. The van der Waals surface area contributed by atoms with Gasteiger partial charge in [-0.3, -0.25) is 9.59 Å². The second kappa shape index (κ2) is 14.6. The lowest BCUT2D eigenvalue weighted by molar-refractivity contribution is -0.153. The number of nitrogens with one attached hydrogen (secondary N) is 1. The Morgan fingerprint density at radius 3 is 2.50 bits per heavy atom. The van der Waals surface area contributed by atoms with Crippen molar-refractivity contribution < 1.29 is 32.2 Å². The maximum Gasteiger partial charge on any atom is 0.245 e. The average Bonchev–Trinajstić information content (AvgIpc) is 3.93. The number of likely N-dealkylation sites (N-methyl/N-ethyl adjacent to an activating group) is 1. The van der Waals surface area contributed by atoms with Crippen molar-refractivity contribution in [2.75, 3.05) is 68.7 Å². The van der Waals surface area contributed by atoms with Crippen LogP contribution in [0.15, 0.2) is 54.7 Å². The fraction of sp³-hybridized carbons (Fsp3) is 0.419. The van der Waals surface area contributed by atoms with Crippen LogP contribution in [-0.4, -0.2) is 140 Å². The third kappa shape index (κ3) is 6.30. The van der Waals surface area contributed by atoms with Gasteiger partial charge in [-0.1, -0.05) is 6.07 Å². The smallest absolute Gasteiger partial charge is 0.245 e. The Morgan fingerprint density at radius 1 is 0.919 bits per heavy atom. The van der Waals surface area contributed by atoms with Crippen LogP contribution in [0, 0.1) is 30.3 Å². The number of aromatic nitrogens is 7. The minimum absolute atomic E-state index is 0.00141. The number of anilines is 3. The number of hydrogen-bond acceptors (Lipinski definition) is 12. The lowest BCUT2D eigenvalue weighted by atomic mass is 9.87. The molecule has 4 aromatic heterocycles. The number of imidazole rings is 1. The summed E-state index contributed by atoms with van der Waals surface area (Å²) < 4.78 is 59.4. The van der Waals surface area contributed by atoms with Crippen molar-refractivity contribution in [3.05, 3.63) is 78.0 Å². The van der Waals surface area contributed by atoms with E-state index in [0.29, 0.717) is 91.4 Å². The van der Waals surface area contributed by atoms with Gasteiger partial charge in [0.15, 0.2) is 11.5 Å². The van der Waals surface area contributed by atoms with Crippen LogP contribution >= 0.6 is 0 Å². The Hall–Kier alpha value is -6.34. The van der Waals surface area contributed by atoms with Crippen LogP contribution in [0.5, 0.6) is 0 Å². The Morgan fingerprint density at radius 2 is 1.74 bits per heavy atom. The van der Waals surface area contributed by atoms with E-state index in [4.69, 9.17) is 29.4 Å². The van der Waals surface area contributed by atoms with Crippen LogP contribution in [0.2, 0.25) is 0 Å². The highest BCUT2D eigenvalue weighted by Crippen LogP contribution is 2.41. The summed E-state index contributed by atoms with van der Waals surface area (Å²) in [7, 11) is 3.35. The summed E-state index contributed by atoms with van der Waals surface area (Å²) in [4.78, 5) is 55.6. The Kier molecular flexibility index (Phi) is 9.11. The molecule has 5 saturated heterocycles. The van der Waals surface area contributed by atoms with Crippen LogP contribution in [0.3, 0.4) is 0 Å². The molecule has 62 heavy (non-hydrogen) atoms. The van der Waals surface area contributed by atoms with Gasteiger partial charge in [-0.2, -0.15) is 15.1 Å². The van der Waals surface area contributed by atoms with E-state index in [1.54, 1.807) is 25.3 Å². The number of halogens is 3. The van der Waals surface area contributed by atoms with E-state index >= 15 is 8.78 Å². The third-order valence-electron chi connectivity index (χ3n) is 13.1. The second-order valence-electron chi connectivity index (χ2n) is 17.0. The third-order valence-corrected chi connectivity index (χ3v) is 13.1. The first kappa shape index (κ1) is 38.6. The lowest BCUT2D eigenvalue weighted by Gasteiger charge is -2.56. The highest BCUT2D eigenvalue weighted by atomic mass is 19.1. The molecule has 6 bridgehead atoms. The first-order valence-corrected chi connectivity index (χ1v) is 20.8. The van der Waals surface area contributed by atoms with Crippen LogP contribution in [0.1, 0.15) is 18.7 Å². The molecule has 0 saturated carbocycles. The molecule has 2 aromatic carbocycles. The number of rotatable bonds is 5. The van der Waals surface area contributed by atoms with Gasteiger partial charge < -0.3 is 39.0 Å². The molecule has 2 amide bonds. The van der Waals surface area contributed by atoms with Gasteiger partial charge in [-0.15, -0.1) is 0 Å². The SMILES string of the molecule is CO[C@H]1CN(C)C(=O)[C@@H]2C[C@@H](CN2c2nc(N3C4CC3CN(C(=O)C3COC3)C4)nc3c2cnn3-c2ccc(F)cc2F)Nc2cccc(n2)-c2cc(F)cc3nc(C)n(c23)C1. The highest BCUT2D eigenvalue weighted by Gasteiger charge is 2.49. The second-order valence-corrected chi connectivity index (χ2v) is 17.0. The Bertz CT molecular complexity index is 2780. The molecular formula is C43H43F3N12O4. The summed E-state index contributed by atoms with van der Waals surface area (Å²) in [6.45, 7) is 4.56. The van der Waals surface area contributed by atoms with E-state index in [-0.39, 0.29) is 53.7 Å². The highest BCUT2D eigenvalue weighted by molar-refractivity contribution is 5.94. The number of aryl methyl sites for hydroxylation is 1. The van der Waals surface area contributed by atoms with Crippen molar-refractivity contribution in [2.24, 2.45) is 5.92 Å². The van der Waals surface area contributed by atoms with Crippen molar-refractivity contribution >= 4 is 51.5 Å². The number of amides is 2. The van der Waals surface area contributed by atoms with E-state index in [2.05, 4.69) is 15.3 Å². The van der Waals surface area contributed by atoms with Gasteiger partial charge in [0.05, 0.1) is 72.2 Å². The first-order valence-electron chi connectivity index (χ1n) is 20.8. The van der Waals surface area contributed by atoms with Crippen LogP contribution in [0.4, 0.5) is 30.8 Å². The zero-order chi connectivity index (χ0) is 42.6. The molecule has 6 aliphatic rings. The molecule has 5 atom stereocenters. The maximum atomic E-state index is 15.5. The Balaban J connectivity index is 1.01. The van der Waals surface area contributed by atoms with Crippen LogP contribution in [-0.2, 0) is 25.6 Å². The fourth-order valence-corrected chi connectivity index (χ4v) is 9.91. The van der Waals surface area contributed by atoms with E-state index in [1.807, 2.05) is 39.5 Å². The number of carbonyl (C=O) groups excluding carboxylic acids is 2. The molecule has 0 aliphatic carbocycles. The number of hydrogen-bond donors (Lipinski definition) is 1. The number of pyridine rings is 1. The number of nitrogens with zero attached hydrogens (tertiary/aromatic N) is 11. The molecule has 12 rings (SSSR count). The van der Waals surface area contributed by atoms with Gasteiger partial charge in [-0.25, -0.2) is 27.8 Å². The molecule has 6 aromatic rings. The van der Waals surface area contributed by atoms with Crippen molar-refractivity contribution in [1.29, 1.82) is 0 Å². The number of fused-ring (bicyclic) bond motifs is 8. The van der Waals surface area contributed by atoms with E-state index < -0.39 is 29.6 Å². The predicted octanol–water partition coefficient (Wildman–Crippen LogP) is 3.94. The normalized spacial score (nSPS) is 23.9. The summed E-state index contributed by atoms with van der Waals surface area (Å²) in [5.41, 5.74) is 2.62. The monoisotopic (exact) mass is 848 g/mol. The molecule has 2 unspecified atom stereocenters. The predicted molar refractivity (Wildman–Crippen MR) is 221 cm³/mol. The summed E-state index contributed by atoms with van der Waals surface area (Å²) >= 11 is 0. The minimum atomic E-state index is -0.820. The Labute approximate surface area is 353 Å². The van der Waals surface area contributed by atoms with Crippen molar-refractivity contribution in [3.8, 4) is 16.9 Å². The lowest BCUT2D eigenvalue weighted by Crippen LogP contribution is -2.71. The number of ether oxygens (including phenoxy) is 2. The number of piperidine rings is 1. The van der Waals surface area contributed by atoms with Crippen LogP contribution in [0.25, 0.3) is 39.0 Å². The average molecular weight is 849 g/mol. The summed E-state index contributed by atoms with van der Waals surface area (Å²) in [6, 6.07) is 10.5. The molecule has 1 N–H and O–H groups in total. The van der Waals surface area contributed by atoms with E-state index in [1.165, 1.54) is 22.9 Å². The fourth-order valence-electron chi connectivity index (χ4n) is 9.91. The van der Waals surface area contributed by atoms with Gasteiger partial charge in [0.25, 0.3) is 0 Å². The molecule has 0 spiro atoms. The van der Waals surface area contributed by atoms with Gasteiger partial charge in [-0.05, 0) is 50.1 Å². The quantitative estimate of drug-likeness (QED) is 0.268. The largest absolute Gasteiger partial charge is 0.380 e. The molecule has 19 heteroatoms. The number of piperazine rings is 1. The van der Waals surface area contributed by atoms with Crippen molar-refractivity contribution in [1.82, 2.24) is 44.1 Å². The van der Waals surface area contributed by atoms with Gasteiger partial charge in [0.2, 0.25) is 17.8 Å². The summed E-state index contributed by atoms with van der Waals surface area (Å²) in [6.07, 6.45) is 2.27. The first-order chi connectivity index (χ1) is 30.0. The summed E-state index contributed by atoms with van der Waals surface area (Å²) in [5.74, 6) is -0.231. The summed E-state index contributed by atoms with van der Waals surface area (Å²) in [5, 5.41) is 8.59. The zero-order valence-electron chi connectivity index (χ0n) is 34.2. The molecule has 0 radical (unpaired) electrons. The van der Waals surface area contributed by atoms with Gasteiger partial charge in [0.1, 0.15) is 40.8 Å².